The molecule has 0 fully saturated rings. The van der Waals surface area contributed by atoms with Crippen LogP contribution >= 0.6 is 0 Å². The molecular weight excluding hydrogens is 218 g/mol. The lowest BCUT2D eigenvalue weighted by atomic mass is 9.95. The summed E-state index contributed by atoms with van der Waals surface area (Å²) in [5.41, 5.74) is 6.87. The van der Waals surface area contributed by atoms with Gasteiger partial charge >= 0.3 is 0 Å². The van der Waals surface area contributed by atoms with Crippen molar-refractivity contribution in [2.24, 2.45) is 5.73 Å². The van der Waals surface area contributed by atoms with Gasteiger partial charge in [-0.05, 0) is 30.5 Å². The van der Waals surface area contributed by atoms with Crippen LogP contribution in [0, 0.1) is 0 Å². The Morgan fingerprint density at radius 3 is 3.00 bits per heavy atom. The van der Waals surface area contributed by atoms with E-state index in [2.05, 4.69) is 0 Å². The monoisotopic (exact) mass is 233 g/mol. The first kappa shape index (κ1) is 11.5. The van der Waals surface area contributed by atoms with E-state index in [1.54, 1.807) is 24.5 Å². The van der Waals surface area contributed by atoms with E-state index in [1.807, 2.05) is 6.92 Å². The van der Waals surface area contributed by atoms with E-state index in [4.69, 9.17) is 10.2 Å². The molecule has 4 heteroatoms. The minimum atomic E-state index is -0.299. The smallest absolute Gasteiger partial charge is 0.217 e. The first-order valence-electron chi connectivity index (χ1n) is 5.56. The maximum atomic E-state index is 10.7. The van der Waals surface area contributed by atoms with Gasteiger partial charge in [0.1, 0.15) is 11.3 Å². The average molecular weight is 233 g/mol. The second-order valence-corrected chi connectivity index (χ2v) is 4.28. The van der Waals surface area contributed by atoms with Crippen LogP contribution in [0.3, 0.4) is 0 Å². The molecule has 0 spiro atoms. The van der Waals surface area contributed by atoms with Crippen LogP contribution in [0.4, 0.5) is 0 Å². The Labute approximate surface area is 99.0 Å². The van der Waals surface area contributed by atoms with Crippen LogP contribution in [0.2, 0.25) is 0 Å². The molecule has 1 heterocycles. The van der Waals surface area contributed by atoms with E-state index in [0.717, 1.165) is 16.5 Å². The summed E-state index contributed by atoms with van der Waals surface area (Å²) >= 11 is 0. The van der Waals surface area contributed by atoms with Gasteiger partial charge in [-0.25, -0.2) is 0 Å². The molecule has 0 saturated heterocycles. The zero-order chi connectivity index (χ0) is 12.4. The predicted octanol–water partition coefficient (Wildman–Crippen LogP) is 2.51. The van der Waals surface area contributed by atoms with Gasteiger partial charge in [0.05, 0.1) is 6.26 Å². The van der Waals surface area contributed by atoms with Crippen molar-refractivity contribution < 1.29 is 14.3 Å². The number of hydrogen-bond acceptors (Lipinski definition) is 3. The zero-order valence-corrected chi connectivity index (χ0v) is 9.64. The topological polar surface area (TPSA) is 76.5 Å². The van der Waals surface area contributed by atoms with E-state index < -0.39 is 0 Å². The van der Waals surface area contributed by atoms with Crippen LogP contribution in [-0.4, -0.2) is 11.0 Å². The highest BCUT2D eigenvalue weighted by Crippen LogP contribution is 2.32. The highest BCUT2D eigenvalue weighted by atomic mass is 16.3. The van der Waals surface area contributed by atoms with Crippen LogP contribution in [0.1, 0.15) is 31.2 Å². The molecule has 0 radical (unpaired) electrons. The minimum Gasteiger partial charge on any atom is -0.508 e. The molecule has 17 heavy (non-hydrogen) atoms. The quantitative estimate of drug-likeness (QED) is 0.851. The molecule has 2 aromatic rings. The Hall–Kier alpha value is -1.97. The molecule has 90 valence electrons. The van der Waals surface area contributed by atoms with Crippen molar-refractivity contribution in [1.82, 2.24) is 0 Å². The fourth-order valence-electron chi connectivity index (χ4n) is 1.93. The first-order chi connectivity index (χ1) is 8.08. The van der Waals surface area contributed by atoms with Crippen molar-refractivity contribution >= 4 is 16.9 Å². The maximum absolute atomic E-state index is 10.7. The Morgan fingerprint density at radius 2 is 2.29 bits per heavy atom. The number of benzene rings is 1. The second-order valence-electron chi connectivity index (χ2n) is 4.28. The summed E-state index contributed by atoms with van der Waals surface area (Å²) in [6.07, 6.45) is 2.71. The fraction of sp³-hybridized carbons (Fsp3) is 0.308. The molecule has 0 bridgehead atoms. The van der Waals surface area contributed by atoms with Crippen LogP contribution in [-0.2, 0) is 4.79 Å². The lowest BCUT2D eigenvalue weighted by Gasteiger charge is -2.08. The molecule has 0 aliphatic carbocycles. The van der Waals surface area contributed by atoms with Crippen LogP contribution in [0.5, 0.6) is 5.75 Å². The standard InChI is InChI=1S/C13H15NO3/c1-8(2-5-13(14)16)11-7-17-12-4-3-9(15)6-10(11)12/h3-4,6-8,15H,2,5H2,1H3,(H2,14,16). The van der Waals surface area contributed by atoms with E-state index in [9.17, 15) is 9.90 Å². The van der Waals surface area contributed by atoms with Crippen molar-refractivity contribution in [3.05, 3.63) is 30.0 Å². The summed E-state index contributed by atoms with van der Waals surface area (Å²) in [4.78, 5) is 10.7. The molecule has 1 aromatic heterocycles. The lowest BCUT2D eigenvalue weighted by Crippen LogP contribution is -2.11. The third-order valence-electron chi connectivity index (χ3n) is 2.94. The predicted molar refractivity (Wildman–Crippen MR) is 64.7 cm³/mol. The number of phenolic OH excluding ortho intramolecular Hbond substituents is 1. The number of rotatable bonds is 4. The van der Waals surface area contributed by atoms with Gasteiger partial charge < -0.3 is 15.3 Å². The van der Waals surface area contributed by atoms with Gasteiger partial charge in [0, 0.05) is 17.4 Å². The Kier molecular flexibility index (Phi) is 3.04. The van der Waals surface area contributed by atoms with Gasteiger partial charge in [-0.15, -0.1) is 0 Å². The molecule has 2 rings (SSSR count). The molecule has 3 N–H and O–H groups in total. The normalized spacial score (nSPS) is 12.8. The van der Waals surface area contributed by atoms with Crippen molar-refractivity contribution in [2.75, 3.05) is 0 Å². The van der Waals surface area contributed by atoms with E-state index in [0.29, 0.717) is 12.8 Å². The van der Waals surface area contributed by atoms with Crippen LogP contribution in [0.25, 0.3) is 11.0 Å². The molecular formula is C13H15NO3. The SMILES string of the molecule is CC(CCC(N)=O)c1coc2ccc(O)cc12. The second kappa shape index (κ2) is 4.49. The lowest BCUT2D eigenvalue weighted by molar-refractivity contribution is -0.118. The highest BCUT2D eigenvalue weighted by molar-refractivity contribution is 5.83. The Bertz CT molecular complexity index is 545. The van der Waals surface area contributed by atoms with Gasteiger partial charge in [-0.2, -0.15) is 0 Å². The molecule has 0 saturated carbocycles. The minimum absolute atomic E-state index is 0.172. The fourth-order valence-corrected chi connectivity index (χ4v) is 1.93. The van der Waals surface area contributed by atoms with Gasteiger partial charge in [0.25, 0.3) is 0 Å². The highest BCUT2D eigenvalue weighted by Gasteiger charge is 2.14. The van der Waals surface area contributed by atoms with Gasteiger partial charge in [0.2, 0.25) is 5.91 Å². The van der Waals surface area contributed by atoms with Crippen molar-refractivity contribution in [2.45, 2.75) is 25.7 Å². The van der Waals surface area contributed by atoms with Crippen molar-refractivity contribution in [3.8, 4) is 5.75 Å². The summed E-state index contributed by atoms with van der Waals surface area (Å²) < 4.78 is 5.40. The number of hydrogen-bond donors (Lipinski definition) is 2. The number of primary amides is 1. The maximum Gasteiger partial charge on any atom is 0.217 e. The van der Waals surface area contributed by atoms with Crippen molar-refractivity contribution in [1.29, 1.82) is 0 Å². The molecule has 1 aromatic carbocycles. The number of amides is 1. The van der Waals surface area contributed by atoms with E-state index >= 15 is 0 Å². The number of fused-ring (bicyclic) bond motifs is 1. The number of phenols is 1. The summed E-state index contributed by atoms with van der Waals surface area (Å²) in [5.74, 6) is 0.0836. The number of furan rings is 1. The summed E-state index contributed by atoms with van der Waals surface area (Å²) in [5, 5.41) is 10.3. The van der Waals surface area contributed by atoms with Crippen LogP contribution in [0.15, 0.2) is 28.9 Å². The number of carbonyl (C=O) groups excluding carboxylic acids is 1. The van der Waals surface area contributed by atoms with Crippen molar-refractivity contribution in [3.63, 3.8) is 0 Å². The van der Waals surface area contributed by atoms with Gasteiger partial charge in [-0.1, -0.05) is 6.92 Å². The number of nitrogens with two attached hydrogens (primary N) is 1. The molecule has 4 nitrogen and oxygen atoms in total. The molecule has 1 amide bonds. The van der Waals surface area contributed by atoms with Gasteiger partial charge in [0.15, 0.2) is 0 Å². The third-order valence-corrected chi connectivity index (χ3v) is 2.94. The molecule has 1 unspecified atom stereocenters. The number of carbonyl (C=O) groups is 1. The van der Waals surface area contributed by atoms with E-state index in [-0.39, 0.29) is 17.6 Å². The van der Waals surface area contributed by atoms with E-state index in [1.165, 1.54) is 0 Å². The summed E-state index contributed by atoms with van der Waals surface area (Å²) in [7, 11) is 0. The molecule has 0 aliphatic rings. The summed E-state index contributed by atoms with van der Waals surface area (Å²) in [6.45, 7) is 2.01. The molecule has 0 aliphatic heterocycles. The molecule has 1 atom stereocenters. The Morgan fingerprint density at radius 1 is 1.53 bits per heavy atom. The largest absolute Gasteiger partial charge is 0.508 e. The van der Waals surface area contributed by atoms with Gasteiger partial charge in [-0.3, -0.25) is 4.79 Å². The van der Waals surface area contributed by atoms with Crippen LogP contribution < -0.4 is 5.73 Å². The summed E-state index contributed by atoms with van der Waals surface area (Å²) in [6, 6.07) is 4.99. The average Bonchev–Trinajstić information content (AvgIpc) is 2.68. The zero-order valence-electron chi connectivity index (χ0n) is 9.64. The Balaban J connectivity index is 2.28. The third kappa shape index (κ3) is 2.41. The number of aromatic hydroxyl groups is 1. The first-order valence-corrected chi connectivity index (χ1v) is 5.56.